The molecule has 5 nitrogen and oxygen atoms in total. The van der Waals surface area contributed by atoms with Gasteiger partial charge in [-0.1, -0.05) is 37.3 Å². The second kappa shape index (κ2) is 11.9. The molecule has 2 rings (SSSR count). The van der Waals surface area contributed by atoms with Crippen molar-refractivity contribution in [3.63, 3.8) is 0 Å². The summed E-state index contributed by atoms with van der Waals surface area (Å²) in [4.78, 5) is 26.2. The lowest BCUT2D eigenvalue weighted by Gasteiger charge is -2.29. The van der Waals surface area contributed by atoms with E-state index in [4.69, 9.17) is 0 Å². The summed E-state index contributed by atoms with van der Waals surface area (Å²) in [6, 6.07) is 9.02. The molecule has 11 heteroatoms. The van der Waals surface area contributed by atoms with Crippen LogP contribution in [0, 0.1) is 0 Å². The predicted molar refractivity (Wildman–Crippen MR) is 120 cm³/mol. The first-order valence-electron chi connectivity index (χ1n) is 11.0. The van der Waals surface area contributed by atoms with Crippen LogP contribution in [-0.4, -0.2) is 36.0 Å². The van der Waals surface area contributed by atoms with Crippen molar-refractivity contribution in [1.29, 1.82) is 0 Å². The molecule has 0 aromatic heterocycles. The number of carbonyl (C=O) groups is 2. The summed E-state index contributed by atoms with van der Waals surface area (Å²) >= 11 is 0. The summed E-state index contributed by atoms with van der Waals surface area (Å²) < 4.78 is 78.6. The molecule has 0 aliphatic carbocycles. The van der Waals surface area contributed by atoms with Crippen LogP contribution in [-0.2, 0) is 23.6 Å². The molecule has 0 heterocycles. The van der Waals surface area contributed by atoms with E-state index in [1.165, 1.54) is 4.90 Å². The van der Waals surface area contributed by atoms with Crippen LogP contribution in [0.4, 0.5) is 36.8 Å². The van der Waals surface area contributed by atoms with Gasteiger partial charge in [0.05, 0.1) is 11.1 Å². The lowest BCUT2D eigenvalue weighted by molar-refractivity contribution is -0.143. The molecule has 3 amide bonds. The van der Waals surface area contributed by atoms with E-state index in [2.05, 4.69) is 10.6 Å². The third kappa shape index (κ3) is 8.80. The van der Waals surface area contributed by atoms with E-state index in [-0.39, 0.29) is 24.9 Å². The van der Waals surface area contributed by atoms with Crippen molar-refractivity contribution in [3.8, 4) is 0 Å². The maximum absolute atomic E-state index is 13.1. The van der Waals surface area contributed by atoms with Gasteiger partial charge in [0, 0.05) is 31.2 Å². The normalized spacial score (nSPS) is 12.7. The first kappa shape index (κ1) is 28.0. The second-order valence-corrected chi connectivity index (χ2v) is 8.01. The van der Waals surface area contributed by atoms with E-state index < -0.39 is 41.2 Å². The Hall–Kier alpha value is -3.24. The Labute approximate surface area is 199 Å². The molecule has 2 N–H and O–H groups in total. The molecule has 0 saturated carbocycles. The number of amides is 3. The highest BCUT2D eigenvalue weighted by Gasteiger charge is 2.37. The lowest BCUT2D eigenvalue weighted by atomic mass is 10.1. The smallest absolute Gasteiger partial charge is 0.356 e. The number of carbonyl (C=O) groups excluding carboxylic acids is 2. The number of halogens is 6. The fourth-order valence-corrected chi connectivity index (χ4v) is 3.27. The average Bonchev–Trinajstić information content (AvgIpc) is 2.78. The zero-order valence-electron chi connectivity index (χ0n) is 19.3. The van der Waals surface area contributed by atoms with Crippen LogP contribution < -0.4 is 10.6 Å². The van der Waals surface area contributed by atoms with E-state index in [9.17, 15) is 35.9 Å². The molecule has 1 atom stereocenters. The van der Waals surface area contributed by atoms with E-state index in [1.807, 2.05) is 30.3 Å². The van der Waals surface area contributed by atoms with Crippen LogP contribution in [0.15, 0.2) is 48.5 Å². The maximum Gasteiger partial charge on any atom is 0.416 e. The molecular weight excluding hydrogens is 476 g/mol. The van der Waals surface area contributed by atoms with Gasteiger partial charge >= 0.3 is 18.4 Å². The highest BCUT2D eigenvalue weighted by atomic mass is 19.4. The molecule has 0 radical (unpaired) electrons. The van der Waals surface area contributed by atoms with Gasteiger partial charge in [-0.25, -0.2) is 4.79 Å². The fraction of sp³-hybridized carbons (Fsp3) is 0.417. The Morgan fingerprint density at radius 3 is 2.03 bits per heavy atom. The quantitative estimate of drug-likeness (QED) is 0.406. The number of benzene rings is 2. The van der Waals surface area contributed by atoms with Crippen LogP contribution in [0.3, 0.4) is 0 Å². The van der Waals surface area contributed by atoms with Crippen molar-refractivity contribution in [1.82, 2.24) is 10.2 Å². The molecule has 0 aliphatic rings. The minimum Gasteiger partial charge on any atom is -0.356 e. The van der Waals surface area contributed by atoms with Crippen LogP contribution >= 0.6 is 0 Å². The first-order valence-corrected chi connectivity index (χ1v) is 11.0. The van der Waals surface area contributed by atoms with Gasteiger partial charge in [-0.05, 0) is 43.5 Å². The molecular formula is C24H27F6N3O2. The molecule has 192 valence electrons. The summed E-state index contributed by atoms with van der Waals surface area (Å²) in [6.07, 6.45) is -9.08. The van der Waals surface area contributed by atoms with Crippen molar-refractivity contribution >= 4 is 17.6 Å². The number of anilines is 1. The van der Waals surface area contributed by atoms with Gasteiger partial charge in [-0.3, -0.25) is 4.79 Å². The van der Waals surface area contributed by atoms with Crippen molar-refractivity contribution < 1.29 is 35.9 Å². The molecule has 0 spiro atoms. The predicted octanol–water partition coefficient (Wildman–Crippen LogP) is 6.11. The minimum atomic E-state index is -5.03. The van der Waals surface area contributed by atoms with E-state index in [0.717, 1.165) is 5.56 Å². The van der Waals surface area contributed by atoms with Gasteiger partial charge in [0.25, 0.3) is 0 Å². The van der Waals surface area contributed by atoms with Gasteiger partial charge in [0.2, 0.25) is 5.91 Å². The summed E-state index contributed by atoms with van der Waals surface area (Å²) in [6.45, 7) is 3.74. The highest BCUT2D eigenvalue weighted by molar-refractivity contribution is 5.90. The number of nitrogens with one attached hydrogen (secondary N) is 2. The molecule has 0 fully saturated rings. The number of urea groups is 1. The summed E-state index contributed by atoms with van der Waals surface area (Å²) in [5.74, 6) is -0.333. The topological polar surface area (TPSA) is 61.4 Å². The van der Waals surface area contributed by atoms with Gasteiger partial charge in [0.15, 0.2) is 0 Å². The Balaban J connectivity index is 2.06. The number of rotatable bonds is 9. The van der Waals surface area contributed by atoms with Gasteiger partial charge in [0.1, 0.15) is 0 Å². The Kier molecular flexibility index (Phi) is 9.55. The SMILES string of the molecule is CCC(C)N(CCC(=O)NCCc1ccccc1)C(=O)Nc1cc(C(F)(F)F)cc(C(F)(F)F)c1. The summed E-state index contributed by atoms with van der Waals surface area (Å²) in [7, 11) is 0. The van der Waals surface area contributed by atoms with E-state index in [0.29, 0.717) is 31.5 Å². The Morgan fingerprint density at radius 1 is 0.943 bits per heavy atom. The van der Waals surface area contributed by atoms with Gasteiger partial charge in [-0.15, -0.1) is 0 Å². The van der Waals surface area contributed by atoms with E-state index in [1.54, 1.807) is 13.8 Å². The maximum atomic E-state index is 13.1. The van der Waals surface area contributed by atoms with Gasteiger partial charge < -0.3 is 15.5 Å². The Morgan fingerprint density at radius 2 is 1.51 bits per heavy atom. The third-order valence-electron chi connectivity index (χ3n) is 5.38. The highest BCUT2D eigenvalue weighted by Crippen LogP contribution is 2.37. The third-order valence-corrected chi connectivity index (χ3v) is 5.38. The molecule has 35 heavy (non-hydrogen) atoms. The van der Waals surface area contributed by atoms with Crippen LogP contribution in [0.5, 0.6) is 0 Å². The zero-order valence-corrected chi connectivity index (χ0v) is 19.3. The monoisotopic (exact) mass is 503 g/mol. The second-order valence-electron chi connectivity index (χ2n) is 8.01. The summed E-state index contributed by atoms with van der Waals surface area (Å²) in [5, 5.41) is 4.86. The van der Waals surface area contributed by atoms with Crippen LogP contribution in [0.1, 0.15) is 43.4 Å². The number of hydrogen-bond acceptors (Lipinski definition) is 2. The molecule has 0 saturated heterocycles. The number of nitrogens with zero attached hydrogens (tertiary/aromatic N) is 1. The van der Waals surface area contributed by atoms with Gasteiger partial charge in [-0.2, -0.15) is 26.3 Å². The largest absolute Gasteiger partial charge is 0.416 e. The lowest BCUT2D eigenvalue weighted by Crippen LogP contribution is -2.43. The van der Waals surface area contributed by atoms with E-state index >= 15 is 0 Å². The van der Waals surface area contributed by atoms with Crippen LogP contribution in [0.2, 0.25) is 0 Å². The van der Waals surface area contributed by atoms with Crippen molar-refractivity contribution in [3.05, 3.63) is 65.2 Å². The summed E-state index contributed by atoms with van der Waals surface area (Å²) in [5.41, 5.74) is -2.67. The standard InChI is InChI=1S/C24H27F6N3O2/c1-3-16(2)33(12-10-21(34)31-11-9-17-7-5-4-6-8-17)22(35)32-20-14-18(23(25,26)27)13-19(15-20)24(28,29)30/h4-8,13-16H,3,9-12H2,1-2H3,(H,31,34)(H,32,35). The van der Waals surface area contributed by atoms with Crippen molar-refractivity contribution in [2.75, 3.05) is 18.4 Å². The molecule has 2 aromatic carbocycles. The molecule has 2 aromatic rings. The van der Waals surface area contributed by atoms with Crippen LogP contribution in [0.25, 0.3) is 0 Å². The molecule has 0 aliphatic heterocycles. The zero-order chi connectivity index (χ0) is 26.2. The average molecular weight is 503 g/mol. The molecule has 1 unspecified atom stereocenters. The Bertz CT molecular complexity index is 961. The fourth-order valence-electron chi connectivity index (χ4n) is 3.27. The molecule has 0 bridgehead atoms. The van der Waals surface area contributed by atoms with Crippen molar-refractivity contribution in [2.24, 2.45) is 0 Å². The number of alkyl halides is 6. The number of hydrogen-bond donors (Lipinski definition) is 2. The van der Waals surface area contributed by atoms with Crippen molar-refractivity contribution in [2.45, 2.75) is 51.5 Å². The first-order chi connectivity index (χ1) is 16.3. The minimum absolute atomic E-state index is 0.0120.